The minimum atomic E-state index is -0.680. The van der Waals surface area contributed by atoms with E-state index in [0.29, 0.717) is 15.6 Å². The van der Waals surface area contributed by atoms with Crippen LogP contribution < -0.4 is 0 Å². The monoisotopic (exact) mass is 502 g/mol. The van der Waals surface area contributed by atoms with E-state index in [4.69, 9.17) is 0 Å². The zero-order valence-electron chi connectivity index (χ0n) is 17.5. The number of rotatable bonds is 8. The molecule has 2 saturated carbocycles. The number of halogens is 3. The van der Waals surface area contributed by atoms with Crippen molar-refractivity contribution in [2.45, 2.75) is 96.8 Å². The first-order valence-electron chi connectivity index (χ1n) is 11.7. The van der Waals surface area contributed by atoms with Crippen LogP contribution in [-0.2, 0) is 6.42 Å². The minimum absolute atomic E-state index is 0.370. The number of hydrogen-bond donors (Lipinski definition) is 0. The highest BCUT2D eigenvalue weighted by molar-refractivity contribution is 14.1. The van der Waals surface area contributed by atoms with E-state index in [1.54, 1.807) is 12.1 Å². The summed E-state index contributed by atoms with van der Waals surface area (Å²) in [6.07, 6.45) is 18.4. The summed E-state index contributed by atoms with van der Waals surface area (Å²) in [5, 5.41) is 0. The number of benzene rings is 1. The Morgan fingerprint density at radius 2 is 1.36 bits per heavy atom. The van der Waals surface area contributed by atoms with Gasteiger partial charge in [0.2, 0.25) is 0 Å². The average Bonchev–Trinajstić information content (AvgIpc) is 2.72. The van der Waals surface area contributed by atoms with Crippen molar-refractivity contribution < 1.29 is 8.78 Å². The van der Waals surface area contributed by atoms with Gasteiger partial charge in [-0.1, -0.05) is 64.4 Å². The molecule has 0 aromatic heterocycles. The summed E-state index contributed by atoms with van der Waals surface area (Å²) in [6, 6.07) is 3.44. The SMILES string of the molecule is CCCC1CCC(C2CCC(CCCCc3ccc(I)c(F)c3F)CC2)CC1. The van der Waals surface area contributed by atoms with Gasteiger partial charge in [0.15, 0.2) is 11.6 Å². The number of hydrogen-bond acceptors (Lipinski definition) is 0. The molecule has 0 N–H and O–H groups in total. The Labute approximate surface area is 184 Å². The van der Waals surface area contributed by atoms with Crippen LogP contribution in [0.4, 0.5) is 8.78 Å². The van der Waals surface area contributed by atoms with Gasteiger partial charge in [0.25, 0.3) is 0 Å². The van der Waals surface area contributed by atoms with Gasteiger partial charge in [-0.15, -0.1) is 0 Å². The molecule has 0 aliphatic heterocycles. The van der Waals surface area contributed by atoms with Gasteiger partial charge in [-0.3, -0.25) is 0 Å². The molecule has 1 aromatic rings. The maximum absolute atomic E-state index is 14.0. The fourth-order valence-electron chi connectivity index (χ4n) is 5.81. The first-order chi connectivity index (χ1) is 13.6. The van der Waals surface area contributed by atoms with Crippen LogP contribution >= 0.6 is 22.6 Å². The van der Waals surface area contributed by atoms with Gasteiger partial charge >= 0.3 is 0 Å². The molecule has 28 heavy (non-hydrogen) atoms. The predicted octanol–water partition coefficient (Wildman–Crippen LogP) is 8.70. The molecule has 3 heteroatoms. The zero-order chi connectivity index (χ0) is 19.9. The Morgan fingerprint density at radius 3 is 1.93 bits per heavy atom. The van der Waals surface area contributed by atoms with E-state index in [1.165, 1.54) is 70.6 Å². The Morgan fingerprint density at radius 1 is 0.786 bits per heavy atom. The Hall–Kier alpha value is -0.190. The van der Waals surface area contributed by atoms with Gasteiger partial charge in [0, 0.05) is 0 Å². The summed E-state index contributed by atoms with van der Waals surface area (Å²) in [5.41, 5.74) is 0.542. The summed E-state index contributed by atoms with van der Waals surface area (Å²) in [7, 11) is 0. The molecule has 0 unspecified atom stereocenters. The maximum atomic E-state index is 14.0. The third-order valence-corrected chi connectivity index (χ3v) is 8.40. The molecule has 0 radical (unpaired) electrons. The molecule has 3 rings (SSSR count). The van der Waals surface area contributed by atoms with Crippen molar-refractivity contribution in [3.63, 3.8) is 0 Å². The minimum Gasteiger partial charge on any atom is -0.203 e. The van der Waals surface area contributed by atoms with Crippen molar-refractivity contribution in [1.29, 1.82) is 0 Å². The molecule has 2 fully saturated rings. The van der Waals surface area contributed by atoms with E-state index < -0.39 is 11.6 Å². The van der Waals surface area contributed by atoms with E-state index in [9.17, 15) is 8.78 Å². The summed E-state index contributed by atoms with van der Waals surface area (Å²) in [4.78, 5) is 0. The Balaban J connectivity index is 1.31. The van der Waals surface area contributed by atoms with Gasteiger partial charge in [0.05, 0.1) is 3.57 Å². The Bertz CT molecular complexity index is 599. The number of aryl methyl sites for hydroxylation is 1. The first kappa shape index (κ1) is 22.5. The molecule has 0 nitrogen and oxygen atoms in total. The molecule has 0 heterocycles. The van der Waals surface area contributed by atoms with Crippen LogP contribution in [0.5, 0.6) is 0 Å². The van der Waals surface area contributed by atoms with Crippen molar-refractivity contribution in [2.75, 3.05) is 0 Å². The van der Waals surface area contributed by atoms with Crippen LogP contribution in [-0.4, -0.2) is 0 Å². The van der Waals surface area contributed by atoms with Crippen LogP contribution in [0.15, 0.2) is 12.1 Å². The molecular weight excluding hydrogens is 465 g/mol. The smallest absolute Gasteiger partial charge is 0.172 e. The quantitative estimate of drug-likeness (QED) is 0.190. The van der Waals surface area contributed by atoms with Crippen LogP contribution in [0.1, 0.15) is 96.0 Å². The lowest BCUT2D eigenvalue weighted by atomic mass is 9.68. The third kappa shape index (κ3) is 6.15. The molecule has 0 atom stereocenters. The molecule has 0 spiro atoms. The molecule has 0 amide bonds. The second kappa shape index (κ2) is 11.3. The van der Waals surface area contributed by atoms with Crippen LogP contribution in [0, 0.1) is 38.9 Å². The number of unbranched alkanes of at least 4 members (excludes halogenated alkanes) is 1. The lowest BCUT2D eigenvalue weighted by Crippen LogP contribution is -2.25. The van der Waals surface area contributed by atoms with Gasteiger partial charge < -0.3 is 0 Å². The first-order valence-corrected chi connectivity index (χ1v) is 12.8. The maximum Gasteiger partial charge on any atom is 0.172 e. The van der Waals surface area contributed by atoms with Crippen LogP contribution in [0.2, 0.25) is 0 Å². The lowest BCUT2D eigenvalue weighted by Gasteiger charge is -2.38. The Kier molecular flexibility index (Phi) is 9.05. The molecule has 0 saturated heterocycles. The summed E-state index contributed by atoms with van der Waals surface area (Å²) in [6.45, 7) is 2.32. The highest BCUT2D eigenvalue weighted by atomic mass is 127. The van der Waals surface area contributed by atoms with E-state index in [-0.39, 0.29) is 0 Å². The van der Waals surface area contributed by atoms with Crippen LogP contribution in [0.3, 0.4) is 0 Å². The van der Waals surface area contributed by atoms with Crippen molar-refractivity contribution in [3.8, 4) is 0 Å². The van der Waals surface area contributed by atoms with E-state index >= 15 is 0 Å². The molecule has 158 valence electrons. The largest absolute Gasteiger partial charge is 0.203 e. The molecule has 2 aliphatic carbocycles. The van der Waals surface area contributed by atoms with Crippen molar-refractivity contribution in [3.05, 3.63) is 32.9 Å². The van der Waals surface area contributed by atoms with E-state index in [2.05, 4.69) is 6.92 Å². The highest BCUT2D eigenvalue weighted by Crippen LogP contribution is 2.43. The summed E-state index contributed by atoms with van der Waals surface area (Å²) < 4.78 is 28.0. The van der Waals surface area contributed by atoms with E-state index in [1.807, 2.05) is 22.6 Å². The molecule has 1 aromatic carbocycles. The standard InChI is InChI=1S/C25H37F2I/c1-2-5-18-8-12-20(13-9-18)21-14-10-19(11-15-21)6-3-4-7-22-16-17-23(28)25(27)24(22)26/h16-21H,2-15H2,1H3. The van der Waals surface area contributed by atoms with E-state index in [0.717, 1.165) is 36.5 Å². The normalized spacial score (nSPS) is 28.4. The molecule has 0 bridgehead atoms. The molecular formula is C25H37F2I. The lowest BCUT2D eigenvalue weighted by molar-refractivity contribution is 0.140. The zero-order valence-corrected chi connectivity index (χ0v) is 19.7. The van der Waals surface area contributed by atoms with Gasteiger partial charge in [-0.2, -0.15) is 0 Å². The van der Waals surface area contributed by atoms with Gasteiger partial charge in [0.1, 0.15) is 0 Å². The van der Waals surface area contributed by atoms with Crippen molar-refractivity contribution in [1.82, 2.24) is 0 Å². The van der Waals surface area contributed by atoms with Crippen molar-refractivity contribution in [2.24, 2.45) is 23.7 Å². The fourth-order valence-corrected chi connectivity index (χ4v) is 6.23. The van der Waals surface area contributed by atoms with Gasteiger partial charge in [-0.25, -0.2) is 8.78 Å². The van der Waals surface area contributed by atoms with Crippen molar-refractivity contribution >= 4 is 22.6 Å². The topological polar surface area (TPSA) is 0 Å². The highest BCUT2D eigenvalue weighted by Gasteiger charge is 2.30. The second-order valence-corrected chi connectivity index (χ2v) is 10.6. The fraction of sp³-hybridized carbons (Fsp3) is 0.760. The second-order valence-electron chi connectivity index (χ2n) is 9.43. The predicted molar refractivity (Wildman–Crippen MR) is 122 cm³/mol. The summed E-state index contributed by atoms with van der Waals surface area (Å²) >= 11 is 1.85. The molecule has 2 aliphatic rings. The van der Waals surface area contributed by atoms with Crippen LogP contribution in [0.25, 0.3) is 0 Å². The third-order valence-electron chi connectivity index (χ3n) is 7.57. The van der Waals surface area contributed by atoms with Gasteiger partial charge in [-0.05, 0) is 96.4 Å². The average molecular weight is 502 g/mol. The summed E-state index contributed by atoms with van der Waals surface area (Å²) in [5.74, 6) is 2.56.